The van der Waals surface area contributed by atoms with Gasteiger partial charge in [0.25, 0.3) is 0 Å². The Morgan fingerprint density at radius 1 is 1.24 bits per heavy atom. The minimum Gasteiger partial charge on any atom is -0.493 e. The molecule has 0 bridgehead atoms. The number of rotatable bonds is 3. The third kappa shape index (κ3) is 2.28. The van der Waals surface area contributed by atoms with Crippen molar-refractivity contribution in [2.75, 3.05) is 20.8 Å². The highest BCUT2D eigenvalue weighted by molar-refractivity contribution is 5.74. The van der Waals surface area contributed by atoms with Crippen LogP contribution >= 0.6 is 0 Å². The molecule has 0 radical (unpaired) electrons. The van der Waals surface area contributed by atoms with E-state index in [1.807, 2.05) is 6.20 Å². The summed E-state index contributed by atoms with van der Waals surface area (Å²) in [5.74, 6) is 1.86. The zero-order chi connectivity index (χ0) is 15.0. The van der Waals surface area contributed by atoms with E-state index in [0.717, 1.165) is 42.7 Å². The van der Waals surface area contributed by atoms with Gasteiger partial charge in [-0.2, -0.15) is 0 Å². The number of carbonyl (C=O) groups is 1. The Balaban J connectivity index is 2.03. The Labute approximate surface area is 125 Å². The van der Waals surface area contributed by atoms with E-state index in [9.17, 15) is 4.79 Å². The van der Waals surface area contributed by atoms with E-state index in [1.165, 1.54) is 11.1 Å². The molecular formula is C17H21NO3. The second kappa shape index (κ2) is 5.43. The molecule has 0 aliphatic carbocycles. The maximum atomic E-state index is 11.1. The van der Waals surface area contributed by atoms with Crippen LogP contribution in [0.2, 0.25) is 0 Å². The summed E-state index contributed by atoms with van der Waals surface area (Å²) in [6.07, 6.45) is 4.95. The molecule has 0 saturated heterocycles. The second-order valence-corrected chi connectivity index (χ2v) is 5.79. The normalized spacial score (nSPS) is 23.8. The number of nitrogens with zero attached hydrogens (tertiary/aromatic N) is 1. The van der Waals surface area contributed by atoms with E-state index in [1.54, 1.807) is 14.2 Å². The molecule has 3 rings (SSSR count). The summed E-state index contributed by atoms with van der Waals surface area (Å²) < 4.78 is 10.8. The average Bonchev–Trinajstić information content (AvgIpc) is 2.52. The van der Waals surface area contributed by atoms with Crippen LogP contribution in [0.25, 0.3) is 0 Å². The van der Waals surface area contributed by atoms with Crippen LogP contribution in [0.5, 0.6) is 11.5 Å². The van der Waals surface area contributed by atoms with Crippen molar-refractivity contribution in [2.24, 2.45) is 5.92 Å². The Hall–Kier alpha value is -1.97. The van der Waals surface area contributed by atoms with Crippen molar-refractivity contribution in [1.29, 1.82) is 0 Å². The van der Waals surface area contributed by atoms with Crippen LogP contribution in [-0.2, 0) is 11.2 Å². The van der Waals surface area contributed by atoms with Crippen molar-refractivity contribution in [1.82, 2.24) is 4.90 Å². The fourth-order valence-corrected chi connectivity index (χ4v) is 3.40. The van der Waals surface area contributed by atoms with E-state index in [0.29, 0.717) is 12.0 Å². The molecule has 112 valence electrons. The SMILES string of the molecule is COc1cc2c(cc1OC)C1CC(C)C(C=O)=CN1CC2. The lowest BCUT2D eigenvalue weighted by molar-refractivity contribution is -0.105. The number of hydrogen-bond acceptors (Lipinski definition) is 4. The van der Waals surface area contributed by atoms with E-state index in [-0.39, 0.29) is 0 Å². The molecule has 2 aliphatic rings. The lowest BCUT2D eigenvalue weighted by Gasteiger charge is -2.42. The number of carbonyl (C=O) groups excluding carboxylic acids is 1. The second-order valence-electron chi connectivity index (χ2n) is 5.79. The summed E-state index contributed by atoms with van der Waals surface area (Å²) >= 11 is 0. The predicted octanol–water partition coefficient (Wildman–Crippen LogP) is 2.73. The quantitative estimate of drug-likeness (QED) is 0.801. The van der Waals surface area contributed by atoms with Gasteiger partial charge >= 0.3 is 0 Å². The highest BCUT2D eigenvalue weighted by atomic mass is 16.5. The van der Waals surface area contributed by atoms with Crippen molar-refractivity contribution in [3.8, 4) is 11.5 Å². The largest absolute Gasteiger partial charge is 0.493 e. The van der Waals surface area contributed by atoms with Gasteiger partial charge in [0.05, 0.1) is 20.3 Å². The van der Waals surface area contributed by atoms with Crippen molar-refractivity contribution >= 4 is 6.29 Å². The smallest absolute Gasteiger partial charge is 0.161 e. The van der Waals surface area contributed by atoms with Crippen LogP contribution in [0.1, 0.15) is 30.5 Å². The van der Waals surface area contributed by atoms with E-state index >= 15 is 0 Å². The summed E-state index contributed by atoms with van der Waals surface area (Å²) in [6.45, 7) is 3.06. The molecule has 2 unspecified atom stereocenters. The topological polar surface area (TPSA) is 38.8 Å². The molecular weight excluding hydrogens is 266 g/mol. The minimum absolute atomic E-state index is 0.294. The zero-order valence-corrected chi connectivity index (χ0v) is 12.8. The van der Waals surface area contributed by atoms with Gasteiger partial charge in [0.2, 0.25) is 0 Å². The summed E-state index contributed by atoms with van der Waals surface area (Å²) in [5.41, 5.74) is 3.52. The highest BCUT2D eigenvalue weighted by Gasteiger charge is 2.32. The van der Waals surface area contributed by atoms with Crippen molar-refractivity contribution < 1.29 is 14.3 Å². The van der Waals surface area contributed by atoms with Gasteiger partial charge in [-0.15, -0.1) is 0 Å². The molecule has 0 saturated carbocycles. The minimum atomic E-state index is 0.294. The summed E-state index contributed by atoms with van der Waals surface area (Å²) in [5, 5.41) is 0. The first-order chi connectivity index (χ1) is 10.2. The van der Waals surface area contributed by atoms with E-state index in [2.05, 4.69) is 24.0 Å². The zero-order valence-electron chi connectivity index (χ0n) is 12.8. The van der Waals surface area contributed by atoms with Gasteiger partial charge in [0.15, 0.2) is 11.5 Å². The molecule has 0 spiro atoms. The fraction of sp³-hybridized carbons (Fsp3) is 0.471. The summed E-state index contributed by atoms with van der Waals surface area (Å²) in [7, 11) is 3.33. The fourth-order valence-electron chi connectivity index (χ4n) is 3.40. The first-order valence-corrected chi connectivity index (χ1v) is 7.35. The maximum absolute atomic E-state index is 11.1. The lowest BCUT2D eigenvalue weighted by Crippen LogP contribution is -2.36. The van der Waals surface area contributed by atoms with Gasteiger partial charge in [-0.25, -0.2) is 0 Å². The molecule has 2 heterocycles. The van der Waals surface area contributed by atoms with Crippen LogP contribution in [0.15, 0.2) is 23.9 Å². The molecule has 1 aromatic carbocycles. The Morgan fingerprint density at radius 3 is 2.62 bits per heavy atom. The highest BCUT2D eigenvalue weighted by Crippen LogP contribution is 2.43. The third-order valence-corrected chi connectivity index (χ3v) is 4.64. The van der Waals surface area contributed by atoms with Crippen LogP contribution in [0.4, 0.5) is 0 Å². The van der Waals surface area contributed by atoms with E-state index in [4.69, 9.17) is 9.47 Å². The molecule has 0 N–H and O–H groups in total. The molecule has 0 fully saturated rings. The Kier molecular flexibility index (Phi) is 3.62. The molecule has 0 aromatic heterocycles. The number of benzene rings is 1. The molecule has 2 atom stereocenters. The number of ether oxygens (including phenoxy) is 2. The predicted molar refractivity (Wildman–Crippen MR) is 80.6 cm³/mol. The van der Waals surface area contributed by atoms with Crippen LogP contribution in [-0.4, -0.2) is 32.0 Å². The van der Waals surface area contributed by atoms with Crippen molar-refractivity contribution in [3.05, 3.63) is 35.0 Å². The number of methoxy groups -OCH3 is 2. The lowest BCUT2D eigenvalue weighted by atomic mass is 9.82. The Bertz CT molecular complexity index is 594. The number of fused-ring (bicyclic) bond motifs is 3. The Morgan fingerprint density at radius 2 is 1.95 bits per heavy atom. The van der Waals surface area contributed by atoms with Crippen molar-refractivity contribution in [2.45, 2.75) is 25.8 Å². The molecule has 1 aromatic rings. The monoisotopic (exact) mass is 287 g/mol. The van der Waals surface area contributed by atoms with Crippen LogP contribution in [0, 0.1) is 5.92 Å². The van der Waals surface area contributed by atoms with Gasteiger partial charge in [0.1, 0.15) is 6.29 Å². The number of allylic oxidation sites excluding steroid dienone is 1. The molecule has 4 nitrogen and oxygen atoms in total. The molecule has 21 heavy (non-hydrogen) atoms. The van der Waals surface area contributed by atoms with Gasteiger partial charge in [-0.05, 0) is 42.0 Å². The number of aldehydes is 1. The first kappa shape index (κ1) is 14.0. The summed E-state index contributed by atoms with van der Waals surface area (Å²) in [4.78, 5) is 13.4. The standard InChI is InChI=1S/C17H21NO3/c1-11-6-15-14-8-17(21-3)16(20-2)7-12(14)4-5-18(15)9-13(11)10-19/h7-11,15H,4-6H2,1-3H3. The van der Waals surface area contributed by atoms with E-state index < -0.39 is 0 Å². The molecule has 2 aliphatic heterocycles. The van der Waals surface area contributed by atoms with Gasteiger partial charge in [0, 0.05) is 18.3 Å². The molecule has 4 heteroatoms. The summed E-state index contributed by atoms with van der Waals surface area (Å²) in [6, 6.07) is 4.51. The van der Waals surface area contributed by atoms with Crippen LogP contribution < -0.4 is 9.47 Å². The third-order valence-electron chi connectivity index (χ3n) is 4.64. The van der Waals surface area contributed by atoms with Crippen molar-refractivity contribution in [3.63, 3.8) is 0 Å². The average molecular weight is 287 g/mol. The van der Waals surface area contributed by atoms with Gasteiger partial charge < -0.3 is 14.4 Å². The van der Waals surface area contributed by atoms with Crippen LogP contribution in [0.3, 0.4) is 0 Å². The first-order valence-electron chi connectivity index (χ1n) is 7.35. The van der Waals surface area contributed by atoms with Gasteiger partial charge in [-0.3, -0.25) is 4.79 Å². The maximum Gasteiger partial charge on any atom is 0.161 e. The molecule has 0 amide bonds. The number of hydrogen-bond donors (Lipinski definition) is 0. The van der Waals surface area contributed by atoms with Gasteiger partial charge in [-0.1, -0.05) is 6.92 Å².